The summed E-state index contributed by atoms with van der Waals surface area (Å²) in [6, 6.07) is 12.6. The fraction of sp³-hybridized carbons (Fsp3) is 0.133. The summed E-state index contributed by atoms with van der Waals surface area (Å²) in [7, 11) is 1.57. The Hall–Kier alpha value is -2.01. The lowest BCUT2D eigenvalue weighted by atomic mass is 10.2. The van der Waals surface area contributed by atoms with Crippen LogP contribution >= 0.6 is 15.9 Å². The number of anilines is 2. The molecule has 104 valence electrons. The van der Waals surface area contributed by atoms with Crippen molar-refractivity contribution in [3.8, 4) is 5.75 Å². The molecule has 2 aromatic carbocycles. The Bertz CT molecular complexity index is 629. The molecule has 5 heteroatoms. The van der Waals surface area contributed by atoms with Gasteiger partial charge in [-0.3, -0.25) is 0 Å². The molecule has 0 fully saturated rings. The highest BCUT2D eigenvalue weighted by atomic mass is 79.9. The summed E-state index contributed by atoms with van der Waals surface area (Å²) in [6.07, 6.45) is 0. The number of carbonyl (C=O) groups excluding carboxylic acids is 1. The van der Waals surface area contributed by atoms with E-state index in [0.717, 1.165) is 15.7 Å². The molecule has 0 aliphatic rings. The molecule has 0 aliphatic carbocycles. The van der Waals surface area contributed by atoms with Crippen molar-refractivity contribution >= 4 is 33.3 Å². The van der Waals surface area contributed by atoms with Crippen LogP contribution < -0.4 is 15.4 Å². The number of urea groups is 1. The number of rotatable bonds is 3. The minimum Gasteiger partial charge on any atom is -0.495 e. The van der Waals surface area contributed by atoms with Crippen molar-refractivity contribution in [1.82, 2.24) is 0 Å². The summed E-state index contributed by atoms with van der Waals surface area (Å²) in [5.74, 6) is 0.617. The average molecular weight is 335 g/mol. The molecule has 0 aliphatic heterocycles. The Morgan fingerprint density at radius 1 is 1.05 bits per heavy atom. The van der Waals surface area contributed by atoms with E-state index in [4.69, 9.17) is 4.74 Å². The van der Waals surface area contributed by atoms with Crippen LogP contribution in [-0.4, -0.2) is 13.1 Å². The van der Waals surface area contributed by atoms with Gasteiger partial charge in [0.05, 0.1) is 18.5 Å². The first-order chi connectivity index (χ1) is 9.61. The van der Waals surface area contributed by atoms with E-state index in [2.05, 4.69) is 26.6 Å². The van der Waals surface area contributed by atoms with E-state index in [1.165, 1.54) is 0 Å². The van der Waals surface area contributed by atoms with E-state index in [9.17, 15) is 4.79 Å². The number of hydrogen-bond donors (Lipinski definition) is 2. The molecular formula is C15H15BrN2O2. The molecule has 2 N–H and O–H groups in total. The van der Waals surface area contributed by atoms with E-state index in [1.54, 1.807) is 19.2 Å². The summed E-state index contributed by atoms with van der Waals surface area (Å²) in [5.41, 5.74) is 2.40. The number of aryl methyl sites for hydroxylation is 1. The molecule has 0 aromatic heterocycles. The van der Waals surface area contributed by atoms with Gasteiger partial charge in [-0.2, -0.15) is 0 Å². The number of benzene rings is 2. The lowest BCUT2D eigenvalue weighted by Gasteiger charge is -2.12. The van der Waals surface area contributed by atoms with Crippen molar-refractivity contribution in [2.24, 2.45) is 0 Å². The molecule has 0 saturated heterocycles. The maximum absolute atomic E-state index is 12.0. The summed E-state index contributed by atoms with van der Waals surface area (Å²) in [5, 5.41) is 5.56. The Morgan fingerprint density at radius 3 is 2.45 bits per heavy atom. The van der Waals surface area contributed by atoms with Gasteiger partial charge in [0, 0.05) is 4.47 Å². The Morgan fingerprint density at radius 2 is 1.70 bits per heavy atom. The van der Waals surface area contributed by atoms with Gasteiger partial charge in [-0.25, -0.2) is 4.79 Å². The minimum atomic E-state index is -0.319. The van der Waals surface area contributed by atoms with Gasteiger partial charge in [-0.1, -0.05) is 24.3 Å². The van der Waals surface area contributed by atoms with Crippen LogP contribution in [0.3, 0.4) is 0 Å². The lowest BCUT2D eigenvalue weighted by molar-refractivity contribution is 0.262. The molecule has 0 saturated carbocycles. The van der Waals surface area contributed by atoms with Gasteiger partial charge in [0.25, 0.3) is 0 Å². The minimum absolute atomic E-state index is 0.319. The van der Waals surface area contributed by atoms with E-state index in [1.807, 2.05) is 37.3 Å². The molecule has 4 nitrogen and oxygen atoms in total. The van der Waals surface area contributed by atoms with Crippen molar-refractivity contribution in [3.63, 3.8) is 0 Å². The second-order valence-corrected chi connectivity index (χ2v) is 5.01. The fourth-order valence-electron chi connectivity index (χ4n) is 1.77. The first kappa shape index (κ1) is 14.4. The number of amides is 2. The largest absolute Gasteiger partial charge is 0.495 e. The highest BCUT2D eigenvalue weighted by Crippen LogP contribution is 2.27. The van der Waals surface area contributed by atoms with Gasteiger partial charge in [0.15, 0.2) is 0 Å². The molecule has 0 radical (unpaired) electrons. The van der Waals surface area contributed by atoms with Crippen LogP contribution in [0.25, 0.3) is 0 Å². The summed E-state index contributed by atoms with van der Waals surface area (Å²) >= 11 is 3.46. The molecule has 0 spiro atoms. The molecular weight excluding hydrogens is 320 g/mol. The summed E-state index contributed by atoms with van der Waals surface area (Å²) in [6.45, 7) is 1.97. The van der Waals surface area contributed by atoms with Gasteiger partial charge >= 0.3 is 6.03 Å². The highest BCUT2D eigenvalue weighted by Gasteiger charge is 2.09. The maximum atomic E-state index is 12.0. The van der Waals surface area contributed by atoms with E-state index in [0.29, 0.717) is 11.4 Å². The second kappa shape index (κ2) is 6.43. The first-order valence-corrected chi connectivity index (χ1v) is 6.87. The molecule has 2 rings (SSSR count). The highest BCUT2D eigenvalue weighted by molar-refractivity contribution is 9.10. The SMILES string of the molecule is COc1ccccc1NC(=O)Nc1cccc(C)c1Br. The van der Waals surface area contributed by atoms with Crippen LogP contribution in [0.1, 0.15) is 5.56 Å². The van der Waals surface area contributed by atoms with E-state index in [-0.39, 0.29) is 6.03 Å². The zero-order valence-corrected chi connectivity index (χ0v) is 12.8. The Labute approximate surface area is 126 Å². The second-order valence-electron chi connectivity index (χ2n) is 4.22. The van der Waals surface area contributed by atoms with Crippen molar-refractivity contribution in [2.45, 2.75) is 6.92 Å². The summed E-state index contributed by atoms with van der Waals surface area (Å²) < 4.78 is 6.06. The number of methoxy groups -OCH3 is 1. The van der Waals surface area contributed by atoms with Gasteiger partial charge in [0.2, 0.25) is 0 Å². The smallest absolute Gasteiger partial charge is 0.323 e. The zero-order chi connectivity index (χ0) is 14.5. The van der Waals surface area contributed by atoms with E-state index < -0.39 is 0 Å². The third-order valence-electron chi connectivity index (χ3n) is 2.80. The number of halogens is 1. The van der Waals surface area contributed by atoms with Crippen molar-refractivity contribution in [2.75, 3.05) is 17.7 Å². The zero-order valence-electron chi connectivity index (χ0n) is 11.2. The molecule has 0 atom stereocenters. The van der Waals surface area contributed by atoms with Crippen LogP contribution in [-0.2, 0) is 0 Å². The number of nitrogens with one attached hydrogen (secondary N) is 2. The van der Waals surface area contributed by atoms with Crippen molar-refractivity contribution < 1.29 is 9.53 Å². The van der Waals surface area contributed by atoms with E-state index >= 15 is 0 Å². The average Bonchev–Trinajstić information content (AvgIpc) is 2.44. The molecule has 0 unspecified atom stereocenters. The maximum Gasteiger partial charge on any atom is 0.323 e. The van der Waals surface area contributed by atoms with Crippen LogP contribution in [0, 0.1) is 6.92 Å². The summed E-state index contributed by atoms with van der Waals surface area (Å²) in [4.78, 5) is 12.0. The van der Waals surface area contributed by atoms with Gasteiger partial charge in [0.1, 0.15) is 5.75 Å². The molecule has 0 bridgehead atoms. The fourth-order valence-corrected chi connectivity index (χ4v) is 2.13. The lowest BCUT2D eigenvalue weighted by Crippen LogP contribution is -2.20. The van der Waals surface area contributed by atoms with Crippen LogP contribution in [0.15, 0.2) is 46.9 Å². The predicted octanol–water partition coefficient (Wildman–Crippen LogP) is 4.41. The molecule has 0 heterocycles. The first-order valence-electron chi connectivity index (χ1n) is 6.08. The van der Waals surface area contributed by atoms with Crippen LogP contribution in [0.2, 0.25) is 0 Å². The quantitative estimate of drug-likeness (QED) is 0.873. The van der Waals surface area contributed by atoms with Crippen LogP contribution in [0.5, 0.6) is 5.75 Å². The number of carbonyl (C=O) groups is 1. The van der Waals surface area contributed by atoms with Crippen molar-refractivity contribution in [1.29, 1.82) is 0 Å². The standard InChI is InChI=1S/C15H15BrN2O2/c1-10-6-5-8-12(14(10)16)18-15(19)17-11-7-3-4-9-13(11)20-2/h3-9H,1-2H3,(H2,17,18,19). The number of hydrogen-bond acceptors (Lipinski definition) is 2. The monoisotopic (exact) mass is 334 g/mol. The normalized spacial score (nSPS) is 9.95. The van der Waals surface area contributed by atoms with Crippen LogP contribution in [0.4, 0.5) is 16.2 Å². The predicted molar refractivity (Wildman–Crippen MR) is 84.5 cm³/mol. The van der Waals surface area contributed by atoms with Crippen molar-refractivity contribution in [3.05, 3.63) is 52.5 Å². The topological polar surface area (TPSA) is 50.4 Å². The number of ether oxygens (including phenoxy) is 1. The van der Waals surface area contributed by atoms with Gasteiger partial charge < -0.3 is 15.4 Å². The molecule has 20 heavy (non-hydrogen) atoms. The molecule has 2 amide bonds. The third-order valence-corrected chi connectivity index (χ3v) is 3.85. The number of para-hydroxylation sites is 2. The Balaban J connectivity index is 2.11. The van der Waals surface area contributed by atoms with Gasteiger partial charge in [-0.15, -0.1) is 0 Å². The Kier molecular flexibility index (Phi) is 4.63. The molecule has 2 aromatic rings. The third kappa shape index (κ3) is 3.30. The van der Waals surface area contributed by atoms with Gasteiger partial charge in [-0.05, 0) is 46.6 Å².